The standard InChI is InChI=1S/2C11H20O2.Ba.H2O/c2*1-10(2,3)8(12)7-9(13)11(4,5)6;;/h2*7,12H,1-6H3;;1H2/q;;+2;/p-2. The molecule has 0 heterocycles. The zero-order valence-electron chi connectivity index (χ0n) is 20.0. The summed E-state index contributed by atoms with van der Waals surface area (Å²) in [6.45, 7) is 21.7. The maximum Gasteiger partial charge on any atom is 2.00 e. The van der Waals surface area contributed by atoms with Crippen molar-refractivity contribution in [3.8, 4) is 0 Å². The molecule has 0 aliphatic heterocycles. The van der Waals surface area contributed by atoms with Crippen molar-refractivity contribution in [1.29, 1.82) is 0 Å². The predicted octanol–water partition coefficient (Wildman–Crippen LogP) is 2.58. The van der Waals surface area contributed by atoms with Crippen LogP contribution in [-0.2, 0) is 9.59 Å². The van der Waals surface area contributed by atoms with Crippen molar-refractivity contribution in [3.63, 3.8) is 0 Å². The van der Waals surface area contributed by atoms with Crippen molar-refractivity contribution in [2.45, 2.75) is 83.1 Å². The summed E-state index contributed by atoms with van der Waals surface area (Å²) >= 11 is 0. The van der Waals surface area contributed by atoms with E-state index in [-0.39, 0.29) is 77.4 Å². The number of rotatable bonds is 2. The molecule has 28 heavy (non-hydrogen) atoms. The summed E-state index contributed by atoms with van der Waals surface area (Å²) in [5.41, 5.74) is -1.83. The minimum absolute atomic E-state index is 0. The topological polar surface area (TPSA) is 112 Å². The van der Waals surface area contributed by atoms with E-state index in [0.29, 0.717) is 0 Å². The Morgan fingerprint density at radius 1 is 0.536 bits per heavy atom. The number of allylic oxidation sites excluding steroid dienone is 4. The monoisotopic (exact) mass is 522 g/mol. The fourth-order valence-corrected chi connectivity index (χ4v) is 1.10. The second-order valence-electron chi connectivity index (χ2n) is 10.7. The van der Waals surface area contributed by atoms with Gasteiger partial charge in [-0.15, -0.1) is 11.5 Å². The summed E-state index contributed by atoms with van der Waals surface area (Å²) in [4.78, 5) is 22.9. The van der Waals surface area contributed by atoms with Gasteiger partial charge in [-0.1, -0.05) is 83.1 Å². The molecule has 0 spiro atoms. The van der Waals surface area contributed by atoms with E-state index in [0.717, 1.165) is 0 Å². The van der Waals surface area contributed by atoms with Crippen LogP contribution in [0.25, 0.3) is 0 Å². The molecule has 0 rings (SSSR count). The van der Waals surface area contributed by atoms with Gasteiger partial charge in [-0.2, -0.15) is 0 Å². The molecule has 0 atom stereocenters. The quantitative estimate of drug-likeness (QED) is 0.316. The van der Waals surface area contributed by atoms with Gasteiger partial charge in [-0.3, -0.25) is 9.59 Å². The fourth-order valence-electron chi connectivity index (χ4n) is 1.10. The summed E-state index contributed by atoms with van der Waals surface area (Å²) < 4.78 is 0. The van der Waals surface area contributed by atoms with Gasteiger partial charge in [0.05, 0.1) is 0 Å². The molecule has 0 aliphatic carbocycles. The summed E-state index contributed by atoms with van der Waals surface area (Å²) in [7, 11) is 0. The first-order chi connectivity index (χ1) is 11.1. The van der Waals surface area contributed by atoms with Crippen LogP contribution in [0.15, 0.2) is 23.7 Å². The second kappa shape index (κ2) is 12.6. The van der Waals surface area contributed by atoms with Gasteiger partial charge in [0, 0.05) is 10.8 Å². The van der Waals surface area contributed by atoms with Gasteiger partial charge in [-0.25, -0.2) is 0 Å². The first-order valence-electron chi connectivity index (χ1n) is 8.97. The summed E-state index contributed by atoms with van der Waals surface area (Å²) in [5.74, 6) is -0.417. The third kappa shape index (κ3) is 15.8. The minimum atomic E-state index is -0.457. The molecule has 0 aromatic carbocycles. The molecule has 0 saturated carbocycles. The number of carbonyl (C=O) groups is 2. The maximum atomic E-state index is 11.4. The van der Waals surface area contributed by atoms with E-state index in [1.807, 2.05) is 83.1 Å². The number of ketones is 2. The van der Waals surface area contributed by atoms with Gasteiger partial charge >= 0.3 is 48.9 Å². The smallest absolute Gasteiger partial charge is 0.875 e. The Kier molecular flexibility index (Phi) is 15.9. The molecule has 0 aromatic rings. The molecule has 6 heteroatoms. The maximum absolute atomic E-state index is 11.4. The fraction of sp³-hybridized carbons (Fsp3) is 0.727. The molecule has 2 N–H and O–H groups in total. The van der Waals surface area contributed by atoms with E-state index in [2.05, 4.69) is 0 Å². The van der Waals surface area contributed by atoms with E-state index in [1.54, 1.807) is 0 Å². The Morgan fingerprint density at radius 3 is 0.821 bits per heavy atom. The largest absolute Gasteiger partial charge is 2.00 e. The Morgan fingerprint density at radius 2 is 0.714 bits per heavy atom. The van der Waals surface area contributed by atoms with Crippen LogP contribution in [0.4, 0.5) is 0 Å². The third-order valence-corrected chi connectivity index (χ3v) is 3.48. The number of hydrogen-bond acceptors (Lipinski definition) is 4. The van der Waals surface area contributed by atoms with Crippen LogP contribution in [0.2, 0.25) is 0 Å². The normalized spacial score (nSPS) is 13.4. The molecule has 0 saturated heterocycles. The Balaban J connectivity index is -0.000000192. The average Bonchev–Trinajstić information content (AvgIpc) is 2.34. The van der Waals surface area contributed by atoms with Crippen molar-refractivity contribution in [2.24, 2.45) is 21.7 Å². The van der Waals surface area contributed by atoms with Crippen molar-refractivity contribution in [1.82, 2.24) is 0 Å². The minimum Gasteiger partial charge on any atom is -0.875 e. The van der Waals surface area contributed by atoms with E-state index in [4.69, 9.17) is 0 Å². The van der Waals surface area contributed by atoms with Gasteiger partial charge < -0.3 is 15.7 Å². The van der Waals surface area contributed by atoms with Gasteiger partial charge in [-0.05, 0) is 23.0 Å². The van der Waals surface area contributed by atoms with Crippen molar-refractivity contribution >= 4 is 60.4 Å². The van der Waals surface area contributed by atoms with Crippen LogP contribution < -0.4 is 10.2 Å². The van der Waals surface area contributed by atoms with Crippen molar-refractivity contribution < 1.29 is 25.3 Å². The van der Waals surface area contributed by atoms with Crippen LogP contribution in [0, 0.1) is 21.7 Å². The predicted molar refractivity (Wildman–Crippen MR) is 113 cm³/mol. The average molecular weight is 522 g/mol. The van der Waals surface area contributed by atoms with Crippen LogP contribution in [0.3, 0.4) is 0 Å². The van der Waals surface area contributed by atoms with Crippen LogP contribution in [0.5, 0.6) is 0 Å². The zero-order valence-corrected chi connectivity index (χ0v) is 24.4. The molecule has 160 valence electrons. The third-order valence-electron chi connectivity index (χ3n) is 3.48. The summed E-state index contributed by atoms with van der Waals surface area (Å²) in [6.07, 6.45) is 2.44. The molecule has 0 bridgehead atoms. The van der Waals surface area contributed by atoms with Gasteiger partial charge in [0.1, 0.15) is 0 Å². The molecule has 0 radical (unpaired) electrons. The van der Waals surface area contributed by atoms with E-state index in [9.17, 15) is 19.8 Å². The Hall–Kier alpha value is -0.0486. The number of carbonyl (C=O) groups excluding carboxylic acids is 2. The summed E-state index contributed by atoms with van der Waals surface area (Å²) in [5, 5.41) is 22.9. The number of hydrogen-bond donors (Lipinski definition) is 0. The Labute approximate surface area is 212 Å². The molecule has 0 aliphatic rings. The molecule has 0 aromatic heterocycles. The van der Waals surface area contributed by atoms with Crippen LogP contribution in [0.1, 0.15) is 83.1 Å². The molecule has 0 unspecified atom stereocenters. The first-order valence-corrected chi connectivity index (χ1v) is 8.97. The van der Waals surface area contributed by atoms with E-state index >= 15 is 0 Å². The molecule has 0 amide bonds. The second-order valence-corrected chi connectivity index (χ2v) is 10.7. The molecule has 5 nitrogen and oxygen atoms in total. The molecular formula is C22H40BaO5. The molecular weight excluding hydrogens is 482 g/mol. The van der Waals surface area contributed by atoms with Crippen LogP contribution in [-0.4, -0.2) is 65.9 Å². The van der Waals surface area contributed by atoms with Gasteiger partial charge in [0.15, 0.2) is 11.6 Å². The molecule has 0 fully saturated rings. The van der Waals surface area contributed by atoms with Gasteiger partial charge in [0.2, 0.25) is 0 Å². The Bertz CT molecular complexity index is 508. The first kappa shape index (κ1) is 35.4. The van der Waals surface area contributed by atoms with Gasteiger partial charge in [0.25, 0.3) is 0 Å². The van der Waals surface area contributed by atoms with E-state index < -0.39 is 21.7 Å². The SMILES string of the molecule is CC(C)(C)C(=O)C=C([O-])C(C)(C)C.CC(C)(C)C(=O)C=C([O-])C(C)(C)C.O.[Ba+2]. The summed E-state index contributed by atoms with van der Waals surface area (Å²) in [6, 6.07) is 0. The van der Waals surface area contributed by atoms with Crippen molar-refractivity contribution in [2.75, 3.05) is 0 Å². The van der Waals surface area contributed by atoms with Crippen molar-refractivity contribution in [3.05, 3.63) is 23.7 Å². The zero-order chi connectivity index (χ0) is 21.7. The van der Waals surface area contributed by atoms with E-state index in [1.165, 1.54) is 12.2 Å². The van der Waals surface area contributed by atoms with Crippen LogP contribution >= 0.6 is 0 Å².